The summed E-state index contributed by atoms with van der Waals surface area (Å²) in [5, 5.41) is 26.4. The molecule has 20 heavy (non-hydrogen) atoms. The van der Waals surface area contributed by atoms with Gasteiger partial charge in [0.2, 0.25) is 0 Å². The van der Waals surface area contributed by atoms with Gasteiger partial charge in [0.1, 0.15) is 0 Å². The number of benzene rings is 1. The lowest BCUT2D eigenvalue weighted by atomic mass is 10.1. The van der Waals surface area contributed by atoms with E-state index in [-0.39, 0.29) is 11.0 Å². The number of aryl methyl sites for hydroxylation is 1. The third kappa shape index (κ3) is 4.43. The van der Waals surface area contributed by atoms with Crippen LogP contribution in [0.4, 0.5) is 0 Å². The zero-order valence-corrected chi connectivity index (χ0v) is 10.4. The van der Waals surface area contributed by atoms with Gasteiger partial charge in [-0.3, -0.25) is 0 Å². The molecule has 2 unspecified atom stereocenters. The SMILES string of the molecule is Cc1ccc(C(=O)OC(=O)C(O)C(O)C(=O)O)cc1.O. The lowest BCUT2D eigenvalue weighted by Crippen LogP contribution is -2.41. The number of carboxylic acid groups (broad SMARTS) is 1. The molecule has 0 amide bonds. The molecule has 0 fully saturated rings. The Labute approximate surface area is 113 Å². The standard InChI is InChI=1S/C12H12O7.H2O/c1-6-2-4-7(5-3-6)11(17)19-12(18)9(14)8(13)10(15)16;/h2-5,8-9,13-14H,1H3,(H,15,16);1H2. The van der Waals surface area contributed by atoms with Crippen molar-refractivity contribution >= 4 is 17.9 Å². The van der Waals surface area contributed by atoms with Crippen LogP contribution >= 0.6 is 0 Å². The molecule has 0 aromatic heterocycles. The highest BCUT2D eigenvalue weighted by Crippen LogP contribution is 2.06. The Balaban J connectivity index is 0.00000361. The summed E-state index contributed by atoms with van der Waals surface area (Å²) < 4.78 is 4.26. The van der Waals surface area contributed by atoms with Gasteiger partial charge >= 0.3 is 17.9 Å². The molecule has 0 heterocycles. The summed E-state index contributed by atoms with van der Waals surface area (Å²) >= 11 is 0. The smallest absolute Gasteiger partial charge is 0.346 e. The fourth-order valence-corrected chi connectivity index (χ4v) is 1.16. The van der Waals surface area contributed by atoms with Gasteiger partial charge in [-0.05, 0) is 19.1 Å². The predicted molar refractivity (Wildman–Crippen MR) is 64.9 cm³/mol. The number of aliphatic hydroxyl groups is 2. The maximum Gasteiger partial charge on any atom is 0.346 e. The number of carbonyl (C=O) groups excluding carboxylic acids is 2. The molecule has 0 aliphatic carbocycles. The van der Waals surface area contributed by atoms with Gasteiger partial charge in [-0.2, -0.15) is 0 Å². The monoisotopic (exact) mass is 286 g/mol. The van der Waals surface area contributed by atoms with E-state index in [4.69, 9.17) is 15.3 Å². The van der Waals surface area contributed by atoms with E-state index >= 15 is 0 Å². The van der Waals surface area contributed by atoms with Gasteiger partial charge < -0.3 is 25.5 Å². The molecule has 8 nitrogen and oxygen atoms in total. The number of carbonyl (C=O) groups is 3. The van der Waals surface area contributed by atoms with Crippen molar-refractivity contribution in [3.63, 3.8) is 0 Å². The lowest BCUT2D eigenvalue weighted by molar-refractivity contribution is -0.166. The van der Waals surface area contributed by atoms with E-state index in [1.54, 1.807) is 19.1 Å². The number of carboxylic acids is 1. The molecule has 110 valence electrons. The zero-order chi connectivity index (χ0) is 14.6. The van der Waals surface area contributed by atoms with Crippen LogP contribution in [0, 0.1) is 6.92 Å². The number of esters is 2. The summed E-state index contributed by atoms with van der Waals surface area (Å²) in [5.74, 6) is -4.37. The van der Waals surface area contributed by atoms with E-state index in [1.807, 2.05) is 0 Å². The van der Waals surface area contributed by atoms with Gasteiger partial charge in [0.15, 0.2) is 12.2 Å². The van der Waals surface area contributed by atoms with Crippen molar-refractivity contribution in [3.8, 4) is 0 Å². The van der Waals surface area contributed by atoms with Crippen molar-refractivity contribution in [2.75, 3.05) is 0 Å². The van der Waals surface area contributed by atoms with Gasteiger partial charge in [0.05, 0.1) is 5.56 Å². The maximum atomic E-state index is 11.5. The number of rotatable bonds is 4. The fraction of sp³-hybridized carbons (Fsp3) is 0.250. The van der Waals surface area contributed by atoms with Crippen LogP contribution in [-0.2, 0) is 14.3 Å². The van der Waals surface area contributed by atoms with E-state index < -0.39 is 30.1 Å². The van der Waals surface area contributed by atoms with Crippen molar-refractivity contribution in [1.29, 1.82) is 0 Å². The Morgan fingerprint density at radius 2 is 1.55 bits per heavy atom. The minimum absolute atomic E-state index is 0. The van der Waals surface area contributed by atoms with Crippen molar-refractivity contribution < 1.29 is 39.9 Å². The average molecular weight is 286 g/mol. The molecule has 5 N–H and O–H groups in total. The molecule has 0 radical (unpaired) electrons. The minimum Gasteiger partial charge on any atom is -0.479 e. The molecule has 1 aromatic carbocycles. The molecular formula is C12H14O8. The minimum atomic E-state index is -2.35. The first-order valence-corrected chi connectivity index (χ1v) is 5.24. The van der Waals surface area contributed by atoms with Crippen LogP contribution in [0.3, 0.4) is 0 Å². The summed E-state index contributed by atoms with van der Waals surface area (Å²) in [7, 11) is 0. The topological polar surface area (TPSA) is 153 Å². The van der Waals surface area contributed by atoms with Crippen molar-refractivity contribution in [3.05, 3.63) is 35.4 Å². The molecule has 2 atom stereocenters. The molecule has 0 saturated heterocycles. The van der Waals surface area contributed by atoms with Gasteiger partial charge in [0.25, 0.3) is 0 Å². The molecule has 0 bridgehead atoms. The van der Waals surface area contributed by atoms with Crippen LogP contribution < -0.4 is 0 Å². The van der Waals surface area contributed by atoms with Crippen LogP contribution in [0.15, 0.2) is 24.3 Å². The molecular weight excluding hydrogens is 272 g/mol. The Morgan fingerprint density at radius 3 is 2.00 bits per heavy atom. The summed E-state index contributed by atoms with van der Waals surface area (Å²) in [5.41, 5.74) is 0.958. The Morgan fingerprint density at radius 1 is 1.05 bits per heavy atom. The van der Waals surface area contributed by atoms with Crippen molar-refractivity contribution in [1.82, 2.24) is 0 Å². The lowest BCUT2D eigenvalue weighted by Gasteiger charge is -2.12. The van der Waals surface area contributed by atoms with Crippen LogP contribution in [-0.4, -0.2) is 50.9 Å². The van der Waals surface area contributed by atoms with Gasteiger partial charge in [-0.15, -0.1) is 0 Å². The highest BCUT2D eigenvalue weighted by molar-refractivity contribution is 5.99. The summed E-state index contributed by atoms with van der Waals surface area (Å²) in [6, 6.07) is 6.04. The molecule has 1 rings (SSSR count). The highest BCUT2D eigenvalue weighted by Gasteiger charge is 2.32. The van der Waals surface area contributed by atoms with E-state index in [0.29, 0.717) is 0 Å². The Hall–Kier alpha value is -2.29. The predicted octanol–water partition coefficient (Wildman–Crippen LogP) is -1.34. The average Bonchev–Trinajstić information content (AvgIpc) is 2.37. The number of hydrogen-bond acceptors (Lipinski definition) is 6. The quantitative estimate of drug-likeness (QED) is 0.457. The van der Waals surface area contributed by atoms with Crippen molar-refractivity contribution in [2.24, 2.45) is 0 Å². The Kier molecular flexibility index (Phi) is 6.50. The number of aliphatic hydroxyl groups excluding tert-OH is 2. The van der Waals surface area contributed by atoms with Gasteiger partial charge in [-0.1, -0.05) is 17.7 Å². The fourth-order valence-electron chi connectivity index (χ4n) is 1.16. The second-order valence-corrected chi connectivity index (χ2v) is 3.80. The van der Waals surface area contributed by atoms with E-state index in [1.165, 1.54) is 12.1 Å². The molecule has 8 heteroatoms. The van der Waals surface area contributed by atoms with Gasteiger partial charge in [-0.25, -0.2) is 14.4 Å². The first-order chi connectivity index (χ1) is 8.82. The van der Waals surface area contributed by atoms with Crippen LogP contribution in [0.5, 0.6) is 0 Å². The second kappa shape index (κ2) is 7.34. The second-order valence-electron chi connectivity index (χ2n) is 3.80. The molecule has 0 spiro atoms. The first-order valence-electron chi connectivity index (χ1n) is 5.24. The maximum absolute atomic E-state index is 11.5. The number of hydrogen-bond donors (Lipinski definition) is 3. The van der Waals surface area contributed by atoms with Crippen molar-refractivity contribution in [2.45, 2.75) is 19.1 Å². The number of aliphatic carboxylic acids is 1. The summed E-state index contributed by atoms with van der Waals surface area (Å²) in [4.78, 5) is 33.0. The van der Waals surface area contributed by atoms with Crippen LogP contribution in [0.1, 0.15) is 15.9 Å². The normalized spacial score (nSPS) is 12.8. The molecule has 0 aliphatic heterocycles. The zero-order valence-electron chi connectivity index (χ0n) is 10.4. The Bertz CT molecular complexity index is 493. The van der Waals surface area contributed by atoms with E-state index in [2.05, 4.69) is 4.74 Å². The third-order valence-electron chi connectivity index (χ3n) is 2.27. The van der Waals surface area contributed by atoms with E-state index in [0.717, 1.165) is 5.56 Å². The van der Waals surface area contributed by atoms with E-state index in [9.17, 15) is 14.4 Å². The third-order valence-corrected chi connectivity index (χ3v) is 2.27. The summed E-state index contributed by atoms with van der Waals surface area (Å²) in [6.45, 7) is 1.80. The van der Waals surface area contributed by atoms with Crippen LogP contribution in [0.2, 0.25) is 0 Å². The highest BCUT2D eigenvalue weighted by atomic mass is 16.6. The van der Waals surface area contributed by atoms with Crippen LogP contribution in [0.25, 0.3) is 0 Å². The summed E-state index contributed by atoms with van der Waals surface area (Å²) in [6.07, 6.45) is -4.68. The first kappa shape index (κ1) is 17.7. The largest absolute Gasteiger partial charge is 0.479 e. The molecule has 0 saturated carbocycles. The van der Waals surface area contributed by atoms with Gasteiger partial charge in [0, 0.05) is 0 Å². The number of ether oxygens (including phenoxy) is 1. The molecule has 1 aromatic rings. The molecule has 0 aliphatic rings.